The smallest absolute Gasteiger partial charge is 0.159 e. The predicted molar refractivity (Wildman–Crippen MR) is 62.7 cm³/mol. The third-order valence-corrected chi connectivity index (χ3v) is 3.25. The van der Waals surface area contributed by atoms with Crippen molar-refractivity contribution in [1.29, 1.82) is 0 Å². The maximum Gasteiger partial charge on any atom is 0.159 e. The number of benzene rings is 1. The zero-order chi connectivity index (χ0) is 11.3. The highest BCUT2D eigenvalue weighted by Gasteiger charge is 2.28. The molecule has 1 aliphatic carbocycles. The summed E-state index contributed by atoms with van der Waals surface area (Å²) in [5, 5.41) is 5.76. The van der Waals surface area contributed by atoms with Gasteiger partial charge in [0.25, 0.3) is 0 Å². The van der Waals surface area contributed by atoms with Crippen LogP contribution in [0.3, 0.4) is 0 Å². The lowest BCUT2D eigenvalue weighted by atomic mass is 10.1. The number of hydrogen-bond donors (Lipinski definition) is 0. The van der Waals surface area contributed by atoms with E-state index < -0.39 is 0 Å². The van der Waals surface area contributed by atoms with E-state index in [-0.39, 0.29) is 5.78 Å². The molecule has 1 aromatic heterocycles. The van der Waals surface area contributed by atoms with Gasteiger partial charge in [0.2, 0.25) is 0 Å². The summed E-state index contributed by atoms with van der Waals surface area (Å²) in [5.74, 6) is 0.753. The van der Waals surface area contributed by atoms with E-state index >= 15 is 0 Å². The highest BCUT2D eigenvalue weighted by atomic mass is 16.1. The quantitative estimate of drug-likeness (QED) is 0.720. The molecule has 2 aromatic rings. The molecular weight excluding hydrogens is 200 g/mol. The summed E-state index contributed by atoms with van der Waals surface area (Å²) < 4.78 is 1.88. The lowest BCUT2D eigenvalue weighted by Crippen LogP contribution is -1.94. The largest absolute Gasteiger partial charge is 0.295 e. The number of aryl methyl sites for hydroxylation is 1. The molecule has 1 aliphatic rings. The Morgan fingerprint density at radius 3 is 2.81 bits per heavy atom. The molecular formula is C13H14N2O. The van der Waals surface area contributed by atoms with Crippen molar-refractivity contribution in [2.75, 3.05) is 0 Å². The van der Waals surface area contributed by atoms with E-state index in [2.05, 4.69) is 5.10 Å². The van der Waals surface area contributed by atoms with Gasteiger partial charge in [0.05, 0.1) is 11.2 Å². The Morgan fingerprint density at radius 1 is 1.44 bits per heavy atom. The van der Waals surface area contributed by atoms with Gasteiger partial charge in [-0.2, -0.15) is 5.10 Å². The van der Waals surface area contributed by atoms with Gasteiger partial charge in [0.15, 0.2) is 5.78 Å². The number of rotatable bonds is 2. The minimum atomic E-state index is 0.107. The second kappa shape index (κ2) is 3.17. The van der Waals surface area contributed by atoms with Crippen LogP contribution < -0.4 is 0 Å². The monoisotopic (exact) mass is 214 g/mol. The zero-order valence-electron chi connectivity index (χ0n) is 9.53. The number of aromatic nitrogens is 2. The first-order valence-electron chi connectivity index (χ1n) is 5.64. The number of nitrogens with zero attached hydrogens (tertiary/aromatic N) is 2. The van der Waals surface area contributed by atoms with Gasteiger partial charge in [0.1, 0.15) is 0 Å². The molecule has 0 unspecified atom stereocenters. The molecule has 0 radical (unpaired) electrons. The van der Waals surface area contributed by atoms with Crippen LogP contribution in [0.2, 0.25) is 0 Å². The van der Waals surface area contributed by atoms with Crippen molar-refractivity contribution in [1.82, 2.24) is 9.78 Å². The molecule has 0 N–H and O–H groups in total. The number of hydrogen-bond acceptors (Lipinski definition) is 2. The van der Waals surface area contributed by atoms with Gasteiger partial charge in [0, 0.05) is 23.9 Å². The van der Waals surface area contributed by atoms with Gasteiger partial charge in [-0.05, 0) is 25.8 Å². The third-order valence-electron chi connectivity index (χ3n) is 3.25. The van der Waals surface area contributed by atoms with Gasteiger partial charge < -0.3 is 0 Å². The lowest BCUT2D eigenvalue weighted by Gasteiger charge is -1.97. The Bertz CT molecular complexity index is 579. The van der Waals surface area contributed by atoms with Crippen LogP contribution in [0.4, 0.5) is 0 Å². The van der Waals surface area contributed by atoms with E-state index in [1.807, 2.05) is 29.9 Å². The molecule has 0 aliphatic heterocycles. The molecule has 1 heterocycles. The number of fused-ring (bicyclic) bond motifs is 1. The number of carbonyl (C=O) groups excluding carboxylic acids is 1. The summed E-state index contributed by atoms with van der Waals surface area (Å²) in [5.41, 5.74) is 3.03. The molecule has 0 bridgehead atoms. The van der Waals surface area contributed by atoms with Gasteiger partial charge >= 0.3 is 0 Å². The van der Waals surface area contributed by atoms with Crippen molar-refractivity contribution in [3.8, 4) is 0 Å². The minimum Gasteiger partial charge on any atom is -0.295 e. The molecule has 1 fully saturated rings. The van der Waals surface area contributed by atoms with Gasteiger partial charge in [-0.25, -0.2) is 0 Å². The average Bonchev–Trinajstić information content (AvgIpc) is 3.04. The second-order valence-electron chi connectivity index (χ2n) is 4.57. The van der Waals surface area contributed by atoms with Crippen molar-refractivity contribution in [3.05, 3.63) is 29.5 Å². The summed E-state index contributed by atoms with van der Waals surface area (Å²) >= 11 is 0. The number of carbonyl (C=O) groups is 1. The molecule has 0 amide bonds. The molecule has 0 spiro atoms. The Kier molecular flexibility index (Phi) is 1.90. The SMILES string of the molecule is CC(=O)c1ccc2c(C3CC3)nn(C)c2c1. The predicted octanol–water partition coefficient (Wildman–Crippen LogP) is 2.65. The maximum absolute atomic E-state index is 11.3. The second-order valence-corrected chi connectivity index (χ2v) is 4.57. The first-order chi connectivity index (χ1) is 7.66. The maximum atomic E-state index is 11.3. The molecule has 1 saturated carbocycles. The summed E-state index contributed by atoms with van der Waals surface area (Å²) in [7, 11) is 1.94. The highest BCUT2D eigenvalue weighted by Crippen LogP contribution is 2.42. The molecule has 3 nitrogen and oxygen atoms in total. The van der Waals surface area contributed by atoms with E-state index in [0.717, 1.165) is 11.1 Å². The zero-order valence-corrected chi connectivity index (χ0v) is 9.53. The fourth-order valence-corrected chi connectivity index (χ4v) is 2.16. The molecule has 3 rings (SSSR count). The van der Waals surface area contributed by atoms with Crippen LogP contribution in [0.25, 0.3) is 10.9 Å². The number of ketones is 1. The van der Waals surface area contributed by atoms with Crippen LogP contribution in [-0.4, -0.2) is 15.6 Å². The molecule has 3 heteroatoms. The summed E-state index contributed by atoms with van der Waals surface area (Å²) in [6.45, 7) is 1.60. The Labute approximate surface area is 94.1 Å². The lowest BCUT2D eigenvalue weighted by molar-refractivity contribution is 0.101. The van der Waals surface area contributed by atoms with Gasteiger partial charge in [-0.1, -0.05) is 12.1 Å². The van der Waals surface area contributed by atoms with Crippen LogP contribution in [-0.2, 0) is 7.05 Å². The van der Waals surface area contributed by atoms with E-state index in [0.29, 0.717) is 5.92 Å². The van der Waals surface area contributed by atoms with Crippen molar-refractivity contribution >= 4 is 16.7 Å². The van der Waals surface area contributed by atoms with Crippen LogP contribution in [0.1, 0.15) is 41.7 Å². The Balaban J connectivity index is 2.24. The number of Topliss-reactive ketones (excluding diaryl/α,β-unsaturated/α-hetero) is 1. The molecule has 16 heavy (non-hydrogen) atoms. The van der Waals surface area contributed by atoms with Crippen molar-refractivity contribution in [3.63, 3.8) is 0 Å². The van der Waals surface area contributed by atoms with E-state index in [9.17, 15) is 4.79 Å². The van der Waals surface area contributed by atoms with Crippen molar-refractivity contribution < 1.29 is 4.79 Å². The van der Waals surface area contributed by atoms with Crippen LogP contribution in [0, 0.1) is 0 Å². The molecule has 1 aromatic carbocycles. The first kappa shape index (κ1) is 9.58. The van der Waals surface area contributed by atoms with Gasteiger partial charge in [-0.15, -0.1) is 0 Å². The fourth-order valence-electron chi connectivity index (χ4n) is 2.16. The molecule has 0 atom stereocenters. The van der Waals surface area contributed by atoms with Gasteiger partial charge in [-0.3, -0.25) is 9.48 Å². The van der Waals surface area contributed by atoms with E-state index in [4.69, 9.17) is 0 Å². The summed E-state index contributed by atoms with van der Waals surface area (Å²) in [6.07, 6.45) is 2.50. The topological polar surface area (TPSA) is 34.9 Å². The summed E-state index contributed by atoms with van der Waals surface area (Å²) in [6, 6.07) is 5.88. The highest BCUT2D eigenvalue weighted by molar-refractivity contribution is 5.98. The first-order valence-corrected chi connectivity index (χ1v) is 5.64. The Hall–Kier alpha value is -1.64. The Morgan fingerprint density at radius 2 is 2.19 bits per heavy atom. The molecule has 0 saturated heterocycles. The third kappa shape index (κ3) is 1.35. The van der Waals surface area contributed by atoms with Crippen LogP contribution in [0.5, 0.6) is 0 Å². The average molecular weight is 214 g/mol. The molecule has 82 valence electrons. The van der Waals surface area contributed by atoms with Crippen molar-refractivity contribution in [2.24, 2.45) is 7.05 Å². The van der Waals surface area contributed by atoms with E-state index in [1.54, 1.807) is 6.92 Å². The summed E-state index contributed by atoms with van der Waals surface area (Å²) in [4.78, 5) is 11.3. The van der Waals surface area contributed by atoms with Crippen LogP contribution >= 0.6 is 0 Å². The normalized spacial score (nSPS) is 15.6. The van der Waals surface area contributed by atoms with Crippen LogP contribution in [0.15, 0.2) is 18.2 Å². The van der Waals surface area contributed by atoms with Crippen molar-refractivity contribution in [2.45, 2.75) is 25.7 Å². The standard InChI is InChI=1S/C13H14N2O/c1-8(16)10-5-6-11-12(7-10)15(2)14-13(11)9-3-4-9/h5-7,9H,3-4H2,1-2H3. The minimum absolute atomic E-state index is 0.107. The van der Waals surface area contributed by atoms with E-state index in [1.165, 1.54) is 23.9 Å². The fraction of sp³-hybridized carbons (Fsp3) is 0.385.